The number of nitrogens with one attached hydrogen (secondary N) is 4. The average molecular weight is 712 g/mol. The molecule has 0 atom stereocenters. The predicted octanol–water partition coefficient (Wildman–Crippen LogP) is -1.97. The third-order valence-corrected chi connectivity index (χ3v) is 10.6. The number of anilines is 2. The number of sulfonamides is 4. The first-order valence-electron chi connectivity index (χ1n) is 10.8. The molecule has 0 saturated heterocycles. The van der Waals surface area contributed by atoms with Crippen molar-refractivity contribution in [3.8, 4) is 0 Å². The fourth-order valence-electron chi connectivity index (χ4n) is 3.08. The molecular weight excluding hydrogens is 687 g/mol. The van der Waals surface area contributed by atoms with Gasteiger partial charge in [-0.15, -0.1) is 0 Å². The number of fused-ring (bicyclic) bond motifs is 2. The number of primary sulfonamides is 2. The number of benzene rings is 2. The molecule has 2 amide bonds. The van der Waals surface area contributed by atoms with Crippen LogP contribution in [-0.4, -0.2) is 58.8 Å². The molecule has 2 aliphatic heterocycles. The van der Waals surface area contributed by atoms with Crippen molar-refractivity contribution in [3.05, 3.63) is 34.3 Å². The molecule has 0 spiro atoms. The molecular formula is C18H24Cl2N8O10S4. The van der Waals surface area contributed by atoms with Crippen LogP contribution in [0, 0.1) is 0 Å². The van der Waals surface area contributed by atoms with E-state index < -0.39 is 61.7 Å². The Morgan fingerprint density at radius 2 is 1.00 bits per heavy atom. The molecule has 2 aromatic rings. The monoisotopic (exact) mass is 710 g/mol. The third-order valence-electron chi connectivity index (χ3n) is 4.96. The molecule has 2 aliphatic rings. The zero-order valence-corrected chi connectivity index (χ0v) is 25.7. The summed E-state index contributed by atoms with van der Waals surface area (Å²) < 4.78 is 95.8. The minimum Gasteiger partial charge on any atom is -0.370 e. The number of hydrogen-bond donors (Lipinski definition) is 8. The summed E-state index contributed by atoms with van der Waals surface area (Å²) in [5, 5.41) is 15.1. The van der Waals surface area contributed by atoms with Crippen molar-refractivity contribution in [2.24, 2.45) is 21.7 Å². The molecule has 234 valence electrons. The third kappa shape index (κ3) is 9.35. The maximum atomic E-state index is 11.6. The number of primary amides is 2. The van der Waals surface area contributed by atoms with E-state index in [0.29, 0.717) is 0 Å². The van der Waals surface area contributed by atoms with Gasteiger partial charge in [0.1, 0.15) is 19.6 Å². The zero-order valence-electron chi connectivity index (χ0n) is 20.9. The highest BCUT2D eigenvalue weighted by atomic mass is 35.5. The number of carbonyl (C=O) groups excluding carboxylic acids is 2. The van der Waals surface area contributed by atoms with Gasteiger partial charge in [-0.3, -0.25) is 9.59 Å². The van der Waals surface area contributed by atoms with E-state index in [1.54, 1.807) is 0 Å². The van der Waals surface area contributed by atoms with Gasteiger partial charge < -0.3 is 22.1 Å². The first-order valence-corrected chi connectivity index (χ1v) is 17.6. The van der Waals surface area contributed by atoms with Gasteiger partial charge in [-0.1, -0.05) is 23.2 Å². The quantitative estimate of drug-likeness (QED) is 0.168. The molecule has 0 aliphatic carbocycles. The molecule has 0 fully saturated rings. The second kappa shape index (κ2) is 13.2. The van der Waals surface area contributed by atoms with Crippen LogP contribution in [0.4, 0.5) is 11.4 Å². The fourth-order valence-corrected chi connectivity index (χ4v) is 7.65. The van der Waals surface area contributed by atoms with Crippen LogP contribution in [0.5, 0.6) is 0 Å². The number of carbonyl (C=O) groups is 2. The second-order valence-corrected chi connectivity index (χ2v) is 15.4. The Labute approximate surface area is 250 Å². The first kappa shape index (κ1) is 35.4. The Bertz CT molecular complexity index is 1720. The van der Waals surface area contributed by atoms with Crippen LogP contribution in [0.1, 0.15) is 12.8 Å². The van der Waals surface area contributed by atoms with Crippen molar-refractivity contribution >= 4 is 86.5 Å². The number of amides is 2. The summed E-state index contributed by atoms with van der Waals surface area (Å²) >= 11 is 11.4. The van der Waals surface area contributed by atoms with Crippen LogP contribution < -0.4 is 41.8 Å². The SMILES string of the molecule is NC(=O)CCC(N)=O.NS(=O)(=O)c1cc2c(cc1Cl)NCNS2(=O)=O.NS(=O)(=O)c1cc2c(cc1Cl)NCNS2(=O)=O. The molecule has 4 rings (SSSR count). The molecule has 18 nitrogen and oxygen atoms in total. The van der Waals surface area contributed by atoms with Crippen LogP contribution >= 0.6 is 23.2 Å². The van der Waals surface area contributed by atoms with Gasteiger partial charge in [-0.25, -0.2) is 43.9 Å². The van der Waals surface area contributed by atoms with E-state index in [1.165, 1.54) is 12.1 Å². The van der Waals surface area contributed by atoms with Gasteiger partial charge in [0.15, 0.2) is 0 Å². The van der Waals surface area contributed by atoms with E-state index in [9.17, 15) is 43.3 Å². The van der Waals surface area contributed by atoms with E-state index in [1.807, 2.05) is 0 Å². The highest BCUT2D eigenvalue weighted by Crippen LogP contribution is 2.33. The maximum Gasteiger partial charge on any atom is 0.244 e. The van der Waals surface area contributed by atoms with Crippen LogP contribution in [0.2, 0.25) is 10.0 Å². The Kier molecular flexibility index (Phi) is 11.2. The molecule has 0 unspecified atom stereocenters. The van der Waals surface area contributed by atoms with Crippen molar-refractivity contribution in [1.82, 2.24) is 9.44 Å². The van der Waals surface area contributed by atoms with Gasteiger partial charge in [0.2, 0.25) is 51.9 Å². The Morgan fingerprint density at radius 3 is 1.26 bits per heavy atom. The highest BCUT2D eigenvalue weighted by Gasteiger charge is 2.28. The Morgan fingerprint density at radius 1 is 0.690 bits per heavy atom. The minimum atomic E-state index is -4.07. The van der Waals surface area contributed by atoms with Crippen molar-refractivity contribution in [2.45, 2.75) is 32.4 Å². The van der Waals surface area contributed by atoms with Crippen LogP contribution in [-0.2, 0) is 49.7 Å². The summed E-state index contributed by atoms with van der Waals surface area (Å²) in [6.45, 7) is 0.0285. The Balaban J connectivity index is 0.000000236. The number of hydrogen-bond acceptors (Lipinski definition) is 12. The lowest BCUT2D eigenvalue weighted by Gasteiger charge is -2.20. The smallest absolute Gasteiger partial charge is 0.244 e. The van der Waals surface area contributed by atoms with Crippen molar-refractivity contribution in [2.75, 3.05) is 24.0 Å². The standard InChI is InChI=1S/2C7H8ClN3O4S2.C4H8N2O2/c2*8-4-1-5-7(2-6(4)16(9,12)13)17(14,15)11-3-10-5;5-3(7)1-2-4(6)8/h2*1-2,10-11H,3H2,(H2,9,12,13);1-2H2,(H2,5,7)(H2,6,8). The maximum absolute atomic E-state index is 11.6. The summed E-state index contributed by atoms with van der Waals surface area (Å²) in [6, 6.07) is 4.30. The molecule has 2 aromatic carbocycles. The van der Waals surface area contributed by atoms with E-state index in [0.717, 1.165) is 12.1 Å². The number of nitrogens with two attached hydrogens (primary N) is 4. The molecule has 0 aromatic heterocycles. The van der Waals surface area contributed by atoms with Crippen LogP contribution in [0.15, 0.2) is 43.8 Å². The molecule has 0 bridgehead atoms. The molecule has 2 heterocycles. The van der Waals surface area contributed by atoms with Crippen LogP contribution in [0.25, 0.3) is 0 Å². The highest BCUT2D eigenvalue weighted by molar-refractivity contribution is 7.91. The van der Waals surface area contributed by atoms with Crippen LogP contribution in [0.3, 0.4) is 0 Å². The van der Waals surface area contributed by atoms with Gasteiger partial charge in [0, 0.05) is 12.8 Å². The van der Waals surface area contributed by atoms with Gasteiger partial charge in [-0.05, 0) is 24.3 Å². The van der Waals surface area contributed by atoms with Gasteiger partial charge in [0.25, 0.3) is 0 Å². The molecule has 12 N–H and O–H groups in total. The summed E-state index contributed by atoms with van der Waals surface area (Å²) in [4.78, 5) is 18.6. The number of halogens is 2. The van der Waals surface area contributed by atoms with Crippen molar-refractivity contribution in [1.29, 1.82) is 0 Å². The minimum absolute atomic E-state index is 0.0143. The van der Waals surface area contributed by atoms with Gasteiger partial charge in [-0.2, -0.15) is 9.44 Å². The van der Waals surface area contributed by atoms with Crippen molar-refractivity contribution in [3.63, 3.8) is 0 Å². The largest absolute Gasteiger partial charge is 0.370 e. The summed E-state index contributed by atoms with van der Waals surface area (Å²) in [5.74, 6) is -0.993. The summed E-state index contributed by atoms with van der Waals surface area (Å²) in [5.41, 5.74) is 9.86. The molecule has 0 saturated carbocycles. The topological polar surface area (TPSA) is 323 Å². The van der Waals surface area contributed by atoms with Gasteiger partial charge in [0.05, 0.1) is 34.8 Å². The van der Waals surface area contributed by atoms with E-state index >= 15 is 0 Å². The lowest BCUT2D eigenvalue weighted by Crippen LogP contribution is -2.34. The molecule has 42 heavy (non-hydrogen) atoms. The molecule has 24 heteroatoms. The first-order chi connectivity index (χ1) is 19.1. The second-order valence-electron chi connectivity index (χ2n) is 8.08. The average Bonchev–Trinajstić information content (AvgIpc) is 2.81. The summed E-state index contributed by atoms with van der Waals surface area (Å²) in [7, 11) is -15.6. The lowest BCUT2D eigenvalue weighted by atomic mass is 10.3. The normalized spacial score (nSPS) is 16.4. The van der Waals surface area contributed by atoms with E-state index in [-0.39, 0.29) is 57.4 Å². The Hall–Kier alpha value is -2.80. The predicted molar refractivity (Wildman–Crippen MR) is 151 cm³/mol. The van der Waals surface area contributed by atoms with Gasteiger partial charge >= 0.3 is 0 Å². The lowest BCUT2D eigenvalue weighted by molar-refractivity contribution is -0.123. The van der Waals surface area contributed by atoms with E-state index in [4.69, 9.17) is 44.9 Å². The zero-order chi connectivity index (χ0) is 32.3. The molecule has 0 radical (unpaired) electrons. The van der Waals surface area contributed by atoms with E-state index in [2.05, 4.69) is 20.1 Å². The van der Waals surface area contributed by atoms with Crippen molar-refractivity contribution < 1.29 is 43.3 Å². The number of rotatable bonds is 5. The summed E-state index contributed by atoms with van der Waals surface area (Å²) in [6.07, 6.45) is 0.102. The fraction of sp³-hybridized carbons (Fsp3) is 0.222.